The minimum Gasteiger partial charge on any atom is -0.326 e. The van der Waals surface area contributed by atoms with E-state index < -0.39 is 0 Å². The second kappa shape index (κ2) is 4.30. The van der Waals surface area contributed by atoms with Crippen molar-refractivity contribution in [2.24, 2.45) is 12.8 Å². The molecule has 17 heavy (non-hydrogen) atoms. The topological polar surface area (TPSA) is 43.8 Å². The summed E-state index contributed by atoms with van der Waals surface area (Å²) in [5, 5.41) is 4.35. The van der Waals surface area contributed by atoms with E-state index in [1.165, 1.54) is 12.1 Å². The van der Waals surface area contributed by atoms with Gasteiger partial charge in [-0.25, -0.2) is 4.39 Å². The Morgan fingerprint density at radius 1 is 1.35 bits per heavy atom. The van der Waals surface area contributed by atoms with Crippen molar-refractivity contribution in [3.05, 3.63) is 41.0 Å². The van der Waals surface area contributed by atoms with Crippen LogP contribution in [0.4, 0.5) is 4.39 Å². The molecule has 1 aromatic heterocycles. The molecule has 1 heterocycles. The largest absolute Gasteiger partial charge is 0.326 e. The first-order valence-electron chi connectivity index (χ1n) is 5.53. The lowest BCUT2D eigenvalue weighted by atomic mass is 9.98. The molecule has 0 atom stereocenters. The molecule has 0 fully saturated rings. The maximum atomic E-state index is 13.4. The Morgan fingerprint density at radius 3 is 2.59 bits per heavy atom. The molecule has 3 nitrogen and oxygen atoms in total. The van der Waals surface area contributed by atoms with E-state index in [0.29, 0.717) is 6.54 Å². The summed E-state index contributed by atoms with van der Waals surface area (Å²) in [4.78, 5) is 0. The number of hydrogen-bond acceptors (Lipinski definition) is 2. The van der Waals surface area contributed by atoms with Gasteiger partial charge in [0.15, 0.2) is 0 Å². The Morgan fingerprint density at radius 2 is 2.06 bits per heavy atom. The first-order chi connectivity index (χ1) is 8.04. The summed E-state index contributed by atoms with van der Waals surface area (Å²) in [6.45, 7) is 4.29. The molecule has 0 saturated carbocycles. The molecule has 2 aromatic rings. The number of nitrogens with two attached hydrogens (primary N) is 1. The van der Waals surface area contributed by atoms with E-state index in [1.54, 1.807) is 10.7 Å². The third kappa shape index (κ3) is 1.96. The number of rotatable bonds is 2. The fourth-order valence-corrected chi connectivity index (χ4v) is 2.12. The smallest absolute Gasteiger partial charge is 0.123 e. The van der Waals surface area contributed by atoms with Gasteiger partial charge in [-0.1, -0.05) is 6.07 Å². The van der Waals surface area contributed by atoms with Gasteiger partial charge in [0.2, 0.25) is 0 Å². The van der Waals surface area contributed by atoms with Gasteiger partial charge in [-0.15, -0.1) is 0 Å². The maximum Gasteiger partial charge on any atom is 0.123 e. The highest BCUT2D eigenvalue weighted by molar-refractivity contribution is 5.71. The molecule has 0 aliphatic heterocycles. The predicted octanol–water partition coefficient (Wildman–Crippen LogP) is 2.30. The number of hydrogen-bond donors (Lipinski definition) is 1. The van der Waals surface area contributed by atoms with Gasteiger partial charge in [-0.05, 0) is 37.1 Å². The fourth-order valence-electron chi connectivity index (χ4n) is 2.12. The van der Waals surface area contributed by atoms with Crippen LogP contribution in [-0.2, 0) is 13.6 Å². The minimum absolute atomic E-state index is 0.250. The van der Waals surface area contributed by atoms with Crippen molar-refractivity contribution in [3.63, 3.8) is 0 Å². The number of aryl methyl sites for hydroxylation is 2. The Labute approximate surface area is 100 Å². The Bertz CT molecular complexity index is 558. The van der Waals surface area contributed by atoms with Gasteiger partial charge in [0.25, 0.3) is 0 Å². The summed E-state index contributed by atoms with van der Waals surface area (Å²) in [6.07, 6.45) is 0. The zero-order valence-electron chi connectivity index (χ0n) is 10.3. The van der Waals surface area contributed by atoms with Gasteiger partial charge in [-0.2, -0.15) is 5.10 Å². The number of nitrogens with zero attached hydrogens (tertiary/aromatic N) is 2. The van der Waals surface area contributed by atoms with Crippen LogP contribution < -0.4 is 5.73 Å². The molecular formula is C13H16FN3. The summed E-state index contributed by atoms with van der Waals surface area (Å²) in [6, 6.07) is 4.70. The van der Waals surface area contributed by atoms with Gasteiger partial charge in [-0.3, -0.25) is 4.68 Å². The summed E-state index contributed by atoms with van der Waals surface area (Å²) >= 11 is 0. The molecule has 0 spiro atoms. The van der Waals surface area contributed by atoms with Gasteiger partial charge in [0.05, 0.1) is 5.69 Å². The van der Waals surface area contributed by atoms with Crippen LogP contribution in [0.2, 0.25) is 0 Å². The van der Waals surface area contributed by atoms with E-state index in [-0.39, 0.29) is 5.82 Å². The normalized spacial score (nSPS) is 10.9. The number of aromatic nitrogens is 2. The molecule has 0 amide bonds. The molecule has 2 N–H and O–H groups in total. The van der Waals surface area contributed by atoms with Crippen LogP contribution in [0.15, 0.2) is 18.2 Å². The van der Waals surface area contributed by atoms with Crippen molar-refractivity contribution in [3.8, 4) is 11.1 Å². The number of benzene rings is 1. The van der Waals surface area contributed by atoms with Crippen LogP contribution in [0.1, 0.15) is 17.0 Å². The monoisotopic (exact) mass is 233 g/mol. The average Bonchev–Trinajstić information content (AvgIpc) is 2.53. The van der Waals surface area contributed by atoms with E-state index in [2.05, 4.69) is 5.10 Å². The summed E-state index contributed by atoms with van der Waals surface area (Å²) < 4.78 is 15.2. The molecule has 0 radical (unpaired) electrons. The quantitative estimate of drug-likeness (QED) is 0.865. The van der Waals surface area contributed by atoms with Crippen molar-refractivity contribution in [2.45, 2.75) is 20.4 Å². The van der Waals surface area contributed by atoms with Crippen LogP contribution in [0, 0.1) is 19.7 Å². The van der Waals surface area contributed by atoms with Crippen LogP contribution >= 0.6 is 0 Å². The lowest BCUT2D eigenvalue weighted by Gasteiger charge is -2.08. The van der Waals surface area contributed by atoms with E-state index in [1.807, 2.05) is 20.9 Å². The summed E-state index contributed by atoms with van der Waals surface area (Å²) in [5.41, 5.74) is 10.4. The molecule has 2 rings (SSSR count). The molecule has 0 saturated heterocycles. The standard InChI is InChI=1S/C13H16FN3/c1-8-13(9(2)17(3)16-8)12-6-11(14)5-4-10(12)7-15/h4-6H,7,15H2,1-3H3. The predicted molar refractivity (Wildman–Crippen MR) is 66.0 cm³/mol. The maximum absolute atomic E-state index is 13.4. The fraction of sp³-hybridized carbons (Fsp3) is 0.308. The SMILES string of the molecule is Cc1nn(C)c(C)c1-c1cc(F)ccc1CN. The van der Waals surface area contributed by atoms with Crippen LogP contribution in [0.25, 0.3) is 11.1 Å². The molecule has 0 unspecified atom stereocenters. The van der Waals surface area contributed by atoms with Crippen molar-refractivity contribution in [1.82, 2.24) is 9.78 Å². The minimum atomic E-state index is -0.250. The van der Waals surface area contributed by atoms with Gasteiger partial charge < -0.3 is 5.73 Å². The van der Waals surface area contributed by atoms with Crippen LogP contribution in [0.5, 0.6) is 0 Å². The average molecular weight is 233 g/mol. The zero-order valence-corrected chi connectivity index (χ0v) is 10.3. The van der Waals surface area contributed by atoms with Crippen LogP contribution in [0.3, 0.4) is 0 Å². The van der Waals surface area contributed by atoms with Crippen LogP contribution in [-0.4, -0.2) is 9.78 Å². The highest BCUT2D eigenvalue weighted by Crippen LogP contribution is 2.30. The Hall–Kier alpha value is -1.68. The van der Waals surface area contributed by atoms with E-state index in [9.17, 15) is 4.39 Å². The first-order valence-corrected chi connectivity index (χ1v) is 5.53. The molecular weight excluding hydrogens is 217 g/mol. The summed E-state index contributed by atoms with van der Waals surface area (Å²) in [7, 11) is 1.88. The van der Waals surface area contributed by atoms with E-state index >= 15 is 0 Å². The van der Waals surface area contributed by atoms with Gasteiger partial charge >= 0.3 is 0 Å². The molecule has 90 valence electrons. The summed E-state index contributed by atoms with van der Waals surface area (Å²) in [5.74, 6) is -0.250. The van der Waals surface area contributed by atoms with Gasteiger partial charge in [0.1, 0.15) is 5.82 Å². The zero-order chi connectivity index (χ0) is 12.6. The molecule has 0 bridgehead atoms. The van der Waals surface area contributed by atoms with E-state index in [4.69, 9.17) is 5.73 Å². The third-order valence-corrected chi connectivity index (χ3v) is 3.07. The number of halogens is 1. The first kappa shape index (κ1) is 11.8. The van der Waals surface area contributed by atoms with Gasteiger partial charge in [0, 0.05) is 24.8 Å². The molecule has 0 aliphatic carbocycles. The lowest BCUT2D eigenvalue weighted by Crippen LogP contribution is -2.00. The third-order valence-electron chi connectivity index (χ3n) is 3.07. The van der Waals surface area contributed by atoms with Crippen molar-refractivity contribution < 1.29 is 4.39 Å². The lowest BCUT2D eigenvalue weighted by molar-refractivity contribution is 0.627. The van der Waals surface area contributed by atoms with E-state index in [0.717, 1.165) is 28.1 Å². The highest BCUT2D eigenvalue weighted by atomic mass is 19.1. The van der Waals surface area contributed by atoms with Crippen molar-refractivity contribution >= 4 is 0 Å². The Balaban J connectivity index is 2.71. The van der Waals surface area contributed by atoms with Crippen molar-refractivity contribution in [2.75, 3.05) is 0 Å². The molecule has 1 aromatic carbocycles. The second-order valence-electron chi connectivity index (χ2n) is 4.18. The highest BCUT2D eigenvalue weighted by Gasteiger charge is 2.15. The Kier molecular flexibility index (Phi) is 2.98. The molecule has 0 aliphatic rings. The van der Waals surface area contributed by atoms with Crippen molar-refractivity contribution in [1.29, 1.82) is 0 Å². The second-order valence-corrected chi connectivity index (χ2v) is 4.18. The molecule has 4 heteroatoms.